The molecule has 3 rings (SSSR count). The zero-order chi connectivity index (χ0) is 18.5. The Morgan fingerprint density at radius 2 is 1.69 bits per heavy atom. The summed E-state index contributed by atoms with van der Waals surface area (Å²) in [4.78, 5) is 23.7. The van der Waals surface area contributed by atoms with Crippen LogP contribution in [0.15, 0.2) is 48.5 Å². The molecule has 7 heteroatoms. The second-order valence-corrected chi connectivity index (χ2v) is 5.96. The van der Waals surface area contributed by atoms with Gasteiger partial charge >= 0.3 is 12.1 Å². The van der Waals surface area contributed by atoms with Crippen LogP contribution in [0.5, 0.6) is 0 Å². The fourth-order valence-corrected chi connectivity index (χ4v) is 3.24. The lowest BCUT2D eigenvalue weighted by Gasteiger charge is -2.17. The lowest BCUT2D eigenvalue weighted by Crippen LogP contribution is -2.42. The monoisotopic (exact) mass is 352 g/mol. The molecule has 0 fully saturated rings. The van der Waals surface area contributed by atoms with Crippen LogP contribution in [0.2, 0.25) is 6.32 Å². The number of fused-ring (bicyclic) bond motifs is 3. The standard InChI is InChI=1S/C19H19BNO5/c1-25-18(22)17(10-20-24)21-19(23)26-11-16-14-8-4-2-6-12(14)13-7-3-5-9-15(13)16/h2-9,16-17,24H,10-11H2,1H3,(H,21,23). The minimum Gasteiger partial charge on any atom is -0.468 e. The van der Waals surface area contributed by atoms with E-state index in [-0.39, 0.29) is 18.8 Å². The molecule has 2 aromatic rings. The summed E-state index contributed by atoms with van der Waals surface area (Å²) in [5.74, 6) is -0.710. The van der Waals surface area contributed by atoms with Gasteiger partial charge in [-0.3, -0.25) is 0 Å². The number of ether oxygens (including phenoxy) is 2. The molecule has 1 radical (unpaired) electrons. The Morgan fingerprint density at radius 1 is 1.12 bits per heavy atom. The van der Waals surface area contributed by atoms with Crippen LogP contribution >= 0.6 is 0 Å². The summed E-state index contributed by atoms with van der Waals surface area (Å²) >= 11 is 0. The average Bonchev–Trinajstić information content (AvgIpc) is 2.99. The number of benzene rings is 2. The van der Waals surface area contributed by atoms with Gasteiger partial charge in [-0.2, -0.15) is 0 Å². The second-order valence-electron chi connectivity index (χ2n) is 5.96. The number of carbonyl (C=O) groups excluding carboxylic acids is 2. The van der Waals surface area contributed by atoms with E-state index in [4.69, 9.17) is 9.76 Å². The number of esters is 1. The summed E-state index contributed by atoms with van der Waals surface area (Å²) in [6.45, 7) is 0.149. The summed E-state index contributed by atoms with van der Waals surface area (Å²) in [6, 6.07) is 15.1. The maximum Gasteiger partial charge on any atom is 0.407 e. The maximum atomic E-state index is 12.1. The Bertz CT molecular complexity index is 765. The van der Waals surface area contributed by atoms with Gasteiger partial charge in [-0.25, -0.2) is 9.59 Å². The highest BCUT2D eigenvalue weighted by atomic mass is 16.6. The quantitative estimate of drug-likeness (QED) is 0.614. The third kappa shape index (κ3) is 3.58. The Morgan fingerprint density at radius 3 is 2.23 bits per heavy atom. The van der Waals surface area contributed by atoms with Crippen molar-refractivity contribution in [2.24, 2.45) is 0 Å². The Hall–Kier alpha value is -2.80. The molecule has 1 atom stereocenters. The highest BCUT2D eigenvalue weighted by molar-refractivity contribution is 6.26. The van der Waals surface area contributed by atoms with Crippen LogP contribution in [0.4, 0.5) is 4.79 Å². The summed E-state index contributed by atoms with van der Waals surface area (Å²) < 4.78 is 9.95. The van der Waals surface area contributed by atoms with Crippen molar-refractivity contribution in [2.45, 2.75) is 18.3 Å². The Balaban J connectivity index is 1.70. The van der Waals surface area contributed by atoms with Crippen LogP contribution in [-0.4, -0.2) is 44.3 Å². The number of rotatable bonds is 6. The van der Waals surface area contributed by atoms with E-state index in [9.17, 15) is 9.59 Å². The normalized spacial score (nSPS) is 13.3. The van der Waals surface area contributed by atoms with Crippen molar-refractivity contribution in [3.63, 3.8) is 0 Å². The van der Waals surface area contributed by atoms with E-state index in [2.05, 4.69) is 22.2 Å². The number of amides is 1. The molecular formula is C19H19BNO5. The van der Waals surface area contributed by atoms with Crippen LogP contribution in [0.3, 0.4) is 0 Å². The van der Waals surface area contributed by atoms with Gasteiger partial charge in [0, 0.05) is 5.92 Å². The first kappa shape index (κ1) is 18.0. The van der Waals surface area contributed by atoms with E-state index >= 15 is 0 Å². The highest BCUT2D eigenvalue weighted by Crippen LogP contribution is 2.44. The molecule has 0 heterocycles. The third-order valence-corrected chi connectivity index (χ3v) is 4.46. The van der Waals surface area contributed by atoms with Crippen molar-refractivity contribution < 1.29 is 24.1 Å². The van der Waals surface area contributed by atoms with E-state index in [1.54, 1.807) is 0 Å². The summed E-state index contributed by atoms with van der Waals surface area (Å²) in [5.41, 5.74) is 4.49. The first-order valence-electron chi connectivity index (χ1n) is 8.31. The van der Waals surface area contributed by atoms with Gasteiger partial charge in [0.15, 0.2) is 0 Å². The van der Waals surface area contributed by atoms with E-state index in [1.165, 1.54) is 7.11 Å². The highest BCUT2D eigenvalue weighted by Gasteiger charge is 2.29. The third-order valence-electron chi connectivity index (χ3n) is 4.46. The van der Waals surface area contributed by atoms with Crippen molar-refractivity contribution in [1.82, 2.24) is 5.32 Å². The molecular weight excluding hydrogens is 333 g/mol. The number of methoxy groups -OCH3 is 1. The number of alkyl carbamates (subject to hydrolysis) is 1. The lowest BCUT2D eigenvalue weighted by atomic mass is 9.90. The van der Waals surface area contributed by atoms with Crippen LogP contribution < -0.4 is 5.32 Å². The van der Waals surface area contributed by atoms with Gasteiger partial charge in [0.1, 0.15) is 12.6 Å². The van der Waals surface area contributed by atoms with Crippen molar-refractivity contribution in [2.75, 3.05) is 13.7 Å². The molecule has 133 valence electrons. The minimum atomic E-state index is -0.986. The van der Waals surface area contributed by atoms with Crippen LogP contribution in [0, 0.1) is 0 Å². The molecule has 1 aliphatic rings. The van der Waals surface area contributed by atoms with Gasteiger partial charge in [0.05, 0.1) is 7.11 Å². The van der Waals surface area contributed by atoms with E-state index in [1.807, 2.05) is 36.4 Å². The Labute approximate surface area is 152 Å². The molecule has 0 saturated heterocycles. The van der Waals surface area contributed by atoms with Crippen LogP contribution in [0.25, 0.3) is 11.1 Å². The zero-order valence-electron chi connectivity index (χ0n) is 14.3. The smallest absolute Gasteiger partial charge is 0.407 e. The molecule has 0 bridgehead atoms. The first-order valence-corrected chi connectivity index (χ1v) is 8.31. The fraction of sp³-hybridized carbons (Fsp3) is 0.263. The van der Waals surface area contributed by atoms with E-state index < -0.39 is 18.1 Å². The molecule has 2 N–H and O–H groups in total. The Kier molecular flexibility index (Phi) is 5.58. The molecule has 2 aromatic carbocycles. The van der Waals surface area contributed by atoms with Crippen molar-refractivity contribution in [1.29, 1.82) is 0 Å². The maximum absolute atomic E-state index is 12.1. The van der Waals surface area contributed by atoms with Gasteiger partial charge in [0.25, 0.3) is 7.48 Å². The van der Waals surface area contributed by atoms with Crippen molar-refractivity contribution in [3.8, 4) is 11.1 Å². The van der Waals surface area contributed by atoms with Gasteiger partial charge in [-0.1, -0.05) is 48.5 Å². The molecule has 26 heavy (non-hydrogen) atoms. The number of nitrogens with one attached hydrogen (secondary N) is 1. The van der Waals surface area contributed by atoms with Crippen molar-refractivity contribution >= 4 is 19.5 Å². The number of hydrogen-bond donors (Lipinski definition) is 2. The molecule has 0 saturated carbocycles. The number of carbonyl (C=O) groups is 2. The van der Waals surface area contributed by atoms with E-state index in [0.717, 1.165) is 29.7 Å². The van der Waals surface area contributed by atoms with Crippen molar-refractivity contribution in [3.05, 3.63) is 59.7 Å². The molecule has 0 spiro atoms. The topological polar surface area (TPSA) is 84.9 Å². The predicted octanol–water partition coefficient (Wildman–Crippen LogP) is 2.10. The van der Waals surface area contributed by atoms with Gasteiger partial charge in [-0.15, -0.1) is 0 Å². The van der Waals surface area contributed by atoms with Crippen LogP contribution in [0.1, 0.15) is 17.0 Å². The summed E-state index contributed by atoms with van der Waals surface area (Å²) in [5, 5.41) is 11.3. The minimum absolute atomic E-state index is 0.0587. The van der Waals surface area contributed by atoms with Crippen LogP contribution in [-0.2, 0) is 14.3 Å². The lowest BCUT2D eigenvalue weighted by molar-refractivity contribution is -0.142. The average molecular weight is 352 g/mol. The predicted molar refractivity (Wildman–Crippen MR) is 96.8 cm³/mol. The fourth-order valence-electron chi connectivity index (χ4n) is 3.24. The van der Waals surface area contributed by atoms with Gasteiger partial charge < -0.3 is 19.8 Å². The second kappa shape index (κ2) is 8.06. The van der Waals surface area contributed by atoms with E-state index in [0.29, 0.717) is 0 Å². The zero-order valence-corrected chi connectivity index (χ0v) is 14.3. The molecule has 6 nitrogen and oxygen atoms in total. The molecule has 0 aromatic heterocycles. The molecule has 1 unspecified atom stereocenters. The van der Waals surface area contributed by atoms with Gasteiger partial charge in [-0.05, 0) is 28.6 Å². The number of hydrogen-bond acceptors (Lipinski definition) is 5. The molecule has 1 amide bonds. The molecule has 0 aliphatic heterocycles. The summed E-state index contributed by atoms with van der Waals surface area (Å²) in [6.07, 6.45) is -0.791. The first-order chi connectivity index (χ1) is 12.7. The largest absolute Gasteiger partial charge is 0.468 e. The SMILES string of the molecule is COC(=O)C(C[B]O)NC(=O)OCC1c2ccccc2-c2ccccc21. The molecule has 1 aliphatic carbocycles. The summed E-state index contributed by atoms with van der Waals surface area (Å²) in [7, 11) is 2.01. The van der Waals surface area contributed by atoms with Gasteiger partial charge in [0.2, 0.25) is 0 Å².